The molecule has 8 nitrogen and oxygen atoms in total. The molecule has 2 aromatic carbocycles. The molecule has 0 amide bonds. The van der Waals surface area contributed by atoms with Gasteiger partial charge in [-0.3, -0.25) is 0 Å². The van der Waals surface area contributed by atoms with Crippen LogP contribution in [0.25, 0.3) is 0 Å². The number of carbonyl (C=O) groups is 4. The van der Waals surface area contributed by atoms with Crippen molar-refractivity contribution in [2.75, 3.05) is 28.4 Å². The summed E-state index contributed by atoms with van der Waals surface area (Å²) in [6.45, 7) is 36.4. The molecule has 4 rings (SSSR count). The topological polar surface area (TPSA) is 105 Å². The summed E-state index contributed by atoms with van der Waals surface area (Å²) in [6.07, 6.45) is 0.381. The Labute approximate surface area is 365 Å². The van der Waals surface area contributed by atoms with Gasteiger partial charge in [-0.05, 0) is 0 Å². The third-order valence-corrected chi connectivity index (χ3v) is 28.8. The average Bonchev–Trinajstić information content (AvgIpc) is 3.25. The van der Waals surface area contributed by atoms with Gasteiger partial charge in [0.1, 0.15) is 0 Å². The second-order valence-corrected chi connectivity index (χ2v) is 33.1. The van der Waals surface area contributed by atoms with Crippen LogP contribution in [0.15, 0.2) is 44.0 Å². The number of ether oxygens (including phenoxy) is 4. The molecule has 0 aromatic heterocycles. The van der Waals surface area contributed by atoms with Gasteiger partial charge in [-0.2, -0.15) is 0 Å². The first kappa shape index (κ1) is 49.4. The van der Waals surface area contributed by atoms with Gasteiger partial charge in [-0.15, -0.1) is 0 Å². The van der Waals surface area contributed by atoms with Gasteiger partial charge >= 0.3 is 367 Å². The maximum absolute atomic E-state index is 15.6. The summed E-state index contributed by atoms with van der Waals surface area (Å²) in [4.78, 5) is 61.7. The molecule has 2 aromatic rings. The summed E-state index contributed by atoms with van der Waals surface area (Å²) in [5.41, 5.74) is 4.51. The molecule has 2 heterocycles. The minimum atomic E-state index is -5.34. The van der Waals surface area contributed by atoms with E-state index in [1.165, 1.54) is 28.4 Å². The molecule has 0 fully saturated rings. The zero-order valence-corrected chi connectivity index (χ0v) is 43.5. The molecule has 0 saturated heterocycles. The third kappa shape index (κ3) is 8.22. The number of benzene rings is 2. The van der Waals surface area contributed by atoms with Gasteiger partial charge < -0.3 is 0 Å². The van der Waals surface area contributed by atoms with Crippen molar-refractivity contribution in [3.05, 3.63) is 77.3 Å². The van der Waals surface area contributed by atoms with Crippen molar-refractivity contribution >= 4 is 54.8 Å². The van der Waals surface area contributed by atoms with Gasteiger partial charge in [0.2, 0.25) is 0 Å². The van der Waals surface area contributed by atoms with Crippen molar-refractivity contribution in [3.8, 4) is 0 Å². The van der Waals surface area contributed by atoms with E-state index in [2.05, 4.69) is 121 Å². The van der Waals surface area contributed by atoms with E-state index in [9.17, 15) is 0 Å². The summed E-state index contributed by atoms with van der Waals surface area (Å²) in [5.74, 6) is -2.73. The van der Waals surface area contributed by atoms with Gasteiger partial charge in [0.15, 0.2) is 0 Å². The molecule has 0 bridgehead atoms. The summed E-state index contributed by atoms with van der Waals surface area (Å²) in [6, 6.07) is 8.93. The van der Waals surface area contributed by atoms with E-state index in [-0.39, 0.29) is 42.9 Å². The number of carbonyl (C=O) groups excluding carboxylic acids is 4. The van der Waals surface area contributed by atoms with Crippen LogP contribution in [0.4, 0.5) is 0 Å². The van der Waals surface area contributed by atoms with E-state index in [4.69, 9.17) is 18.9 Å². The predicted molar refractivity (Wildman–Crippen MR) is 248 cm³/mol. The van der Waals surface area contributed by atoms with Crippen LogP contribution in [0.5, 0.6) is 0 Å². The van der Waals surface area contributed by atoms with Crippen LogP contribution in [-0.4, -0.2) is 71.2 Å². The van der Waals surface area contributed by atoms with Crippen LogP contribution >= 0.6 is 7.92 Å². The Morgan fingerprint density at radius 1 is 0.650 bits per heavy atom. The van der Waals surface area contributed by atoms with Crippen LogP contribution in [0.2, 0.25) is 4.25 Å². The monoisotopic (exact) mass is 906 g/mol. The third-order valence-electron chi connectivity index (χ3n) is 12.8. The number of methoxy groups -OCH3 is 4. The summed E-state index contributed by atoms with van der Waals surface area (Å²) >= 11 is -5.34. The van der Waals surface area contributed by atoms with E-state index in [1.54, 1.807) is 0 Å². The van der Waals surface area contributed by atoms with Gasteiger partial charge in [-0.1, -0.05) is 0 Å². The summed E-state index contributed by atoms with van der Waals surface area (Å²) in [5, 5.41) is 1.14. The molecule has 60 heavy (non-hydrogen) atoms. The zero-order valence-electron chi connectivity index (χ0n) is 40.5. The van der Waals surface area contributed by atoms with Crippen molar-refractivity contribution in [1.82, 2.24) is 0 Å². The van der Waals surface area contributed by atoms with Crippen molar-refractivity contribution in [3.63, 3.8) is 0 Å². The fraction of sp³-hybridized carbons (Fsp3) is 0.600. The fourth-order valence-electron chi connectivity index (χ4n) is 9.67. The number of fused-ring (bicyclic) bond motifs is 3. The maximum atomic E-state index is 15.6. The second-order valence-electron chi connectivity index (χ2n) is 21.4. The SMILES string of the molecule is COC(=O)C1=[C](C(=O)OC)[Ge@@]([c]2c(C(C)C)cc(C(C)C)cc2C(C)C)([C](C)(C)C)[C](C(=O)OC)=C(C(=O)OC)P2c3c(C(C)(C)C)cc(C(C)(C)C)cc3C(C)(C)C[C@H]12. The van der Waals surface area contributed by atoms with Gasteiger partial charge in [0.25, 0.3) is 0 Å². The predicted octanol–water partition coefficient (Wildman–Crippen LogP) is 10.3. The zero-order chi connectivity index (χ0) is 46.0. The molecule has 330 valence electrons. The number of esters is 4. The molecule has 0 spiro atoms. The van der Waals surface area contributed by atoms with Crippen molar-refractivity contribution < 1.29 is 38.1 Å². The summed E-state index contributed by atoms with van der Waals surface area (Å²) in [7, 11) is 3.37. The van der Waals surface area contributed by atoms with E-state index < -0.39 is 65.8 Å². The Balaban J connectivity index is 2.71. The standard InChI is InChI=1S/C50H73GeO8P/c1-27(2)30-22-32(28(3)4)38(33(23-30)29(5)6)51(49(13,14)15)39(44(53)57-19)37(43(52)56-18)36-26-50(16,17)35-25-31(47(7,8)9)24-34(48(10,11)12)41(35)60(36)42(46(55)59-21)40(51)45(54)58-20/h22-25,27-29,36H,26H2,1-21H3/t36-,51-,60?/m1/s1. The normalized spacial score (nSPS) is 20.8. The van der Waals surface area contributed by atoms with Gasteiger partial charge in [-0.25, -0.2) is 0 Å². The molecule has 2 aliphatic rings. The number of hydrogen-bond acceptors (Lipinski definition) is 8. The summed E-state index contributed by atoms with van der Waals surface area (Å²) < 4.78 is 23.8. The van der Waals surface area contributed by atoms with Crippen LogP contribution < -0.4 is 9.70 Å². The van der Waals surface area contributed by atoms with E-state index in [0.29, 0.717) is 6.42 Å². The van der Waals surface area contributed by atoms with Crippen LogP contribution in [0.3, 0.4) is 0 Å². The fourth-order valence-corrected chi connectivity index (χ4v) is 29.2. The molecule has 3 atom stereocenters. The first-order valence-corrected chi connectivity index (χ1v) is 27.0. The number of rotatable bonds is 8. The minimum absolute atomic E-state index is 0.0822. The van der Waals surface area contributed by atoms with Crippen LogP contribution in [0.1, 0.15) is 175 Å². The van der Waals surface area contributed by atoms with Gasteiger partial charge in [0.05, 0.1) is 0 Å². The Morgan fingerprint density at radius 3 is 1.50 bits per heavy atom. The Bertz CT molecular complexity index is 2090. The van der Waals surface area contributed by atoms with E-state index >= 15 is 19.2 Å². The molecular weight excluding hydrogens is 832 g/mol. The molecular formula is C50H73GeO8P. The molecule has 0 saturated carbocycles. The molecule has 0 aliphatic carbocycles. The molecule has 2 aliphatic heterocycles. The van der Waals surface area contributed by atoms with Crippen LogP contribution in [-0.2, 0) is 54.4 Å². The Kier molecular flexibility index (Phi) is 14.1. The number of hydrogen-bond donors (Lipinski definition) is 0. The van der Waals surface area contributed by atoms with E-state index in [1.807, 2.05) is 20.8 Å². The van der Waals surface area contributed by atoms with E-state index in [0.717, 1.165) is 43.1 Å². The molecule has 10 heteroatoms. The first-order chi connectivity index (χ1) is 27.4. The quantitative estimate of drug-likeness (QED) is 0.112. The molecule has 0 radical (unpaired) electrons. The Hall–Kier alpha value is -3.23. The van der Waals surface area contributed by atoms with Crippen molar-refractivity contribution in [2.24, 2.45) is 0 Å². The molecule has 1 unspecified atom stereocenters. The first-order valence-electron chi connectivity index (χ1n) is 21.4. The van der Waals surface area contributed by atoms with Crippen LogP contribution in [0, 0.1) is 0 Å². The second kappa shape index (κ2) is 17.2. The molecule has 0 N–H and O–H groups in total. The average molecular weight is 906 g/mol. The van der Waals surface area contributed by atoms with Crippen molar-refractivity contribution in [1.29, 1.82) is 0 Å². The van der Waals surface area contributed by atoms with Gasteiger partial charge in [0, 0.05) is 0 Å². The van der Waals surface area contributed by atoms with Crippen molar-refractivity contribution in [2.45, 2.75) is 168 Å². The Morgan fingerprint density at radius 2 is 1.12 bits per heavy atom.